The fourth-order valence-corrected chi connectivity index (χ4v) is 4.41. The van der Waals surface area contributed by atoms with Gasteiger partial charge in [0.1, 0.15) is 6.61 Å². The number of halogens is 1. The Hall–Kier alpha value is -2.99. The van der Waals surface area contributed by atoms with Crippen LogP contribution in [0.25, 0.3) is 11.1 Å². The molecule has 0 fully saturated rings. The molecule has 0 heterocycles. The van der Waals surface area contributed by atoms with Crippen LogP contribution >= 0.6 is 15.9 Å². The monoisotopic (exact) mass is 467 g/mol. The highest BCUT2D eigenvalue weighted by Gasteiger charge is 2.28. The Kier molecular flexibility index (Phi) is 5.95. The quantitative estimate of drug-likeness (QED) is 0.519. The fraction of sp³-hybridized carbons (Fsp3) is 0.208. The number of methoxy groups -OCH3 is 1. The highest BCUT2D eigenvalue weighted by Crippen LogP contribution is 2.44. The summed E-state index contributed by atoms with van der Waals surface area (Å²) in [7, 11) is 1.50. The third-order valence-corrected chi connectivity index (χ3v) is 6.09. The molecule has 154 valence electrons. The van der Waals surface area contributed by atoms with Crippen LogP contribution in [-0.4, -0.2) is 31.5 Å². The Morgan fingerprint density at radius 1 is 1.07 bits per heavy atom. The van der Waals surface area contributed by atoms with E-state index in [0.717, 1.165) is 10.0 Å². The van der Waals surface area contributed by atoms with Gasteiger partial charge in [0.2, 0.25) is 0 Å². The van der Waals surface area contributed by atoms with Crippen molar-refractivity contribution in [2.24, 2.45) is 0 Å². The molecule has 0 unspecified atom stereocenters. The lowest BCUT2D eigenvalue weighted by Gasteiger charge is -2.15. The third kappa shape index (κ3) is 4.00. The summed E-state index contributed by atoms with van der Waals surface area (Å²) in [5.74, 6) is 0.503. The first-order valence-corrected chi connectivity index (χ1v) is 10.5. The maximum Gasteiger partial charge on any atom is 0.407 e. The molecule has 0 bridgehead atoms. The Labute approximate surface area is 183 Å². The molecule has 1 amide bonds. The van der Waals surface area contributed by atoms with Gasteiger partial charge >= 0.3 is 6.09 Å². The van der Waals surface area contributed by atoms with Crippen LogP contribution in [0, 0.1) is 0 Å². The van der Waals surface area contributed by atoms with Crippen molar-refractivity contribution in [2.45, 2.75) is 12.3 Å². The zero-order valence-corrected chi connectivity index (χ0v) is 18.1. The second-order valence-corrected chi connectivity index (χ2v) is 7.97. The van der Waals surface area contributed by atoms with E-state index in [1.807, 2.05) is 24.3 Å². The predicted molar refractivity (Wildman–Crippen MR) is 119 cm³/mol. The van der Waals surface area contributed by atoms with Crippen molar-refractivity contribution in [3.63, 3.8) is 0 Å². The molecule has 30 heavy (non-hydrogen) atoms. The van der Waals surface area contributed by atoms with Crippen LogP contribution in [0.2, 0.25) is 0 Å². The normalized spacial score (nSPS) is 12.2. The van der Waals surface area contributed by atoms with Crippen LogP contribution in [0.15, 0.2) is 65.1 Å². The van der Waals surface area contributed by atoms with E-state index in [-0.39, 0.29) is 18.3 Å². The molecule has 6 heteroatoms. The number of carbonyl (C=O) groups is 1. The first-order valence-electron chi connectivity index (χ1n) is 9.72. The van der Waals surface area contributed by atoms with Crippen molar-refractivity contribution >= 4 is 22.0 Å². The number of benzene rings is 3. The molecule has 3 aromatic carbocycles. The first-order chi connectivity index (χ1) is 14.6. The van der Waals surface area contributed by atoms with Gasteiger partial charge in [0.25, 0.3) is 0 Å². The summed E-state index contributed by atoms with van der Waals surface area (Å²) in [5.41, 5.74) is 5.64. The summed E-state index contributed by atoms with van der Waals surface area (Å²) in [5, 5.41) is 12.7. The lowest BCUT2D eigenvalue weighted by molar-refractivity contribution is 0.143. The SMILES string of the molecule is COc1cc(Br)c(CCNC(=O)OCC2c3ccccc3-c3ccccc32)cc1O. The molecule has 0 spiro atoms. The van der Waals surface area contributed by atoms with Gasteiger partial charge in [0.15, 0.2) is 11.5 Å². The van der Waals surface area contributed by atoms with Gasteiger partial charge < -0.3 is 19.9 Å². The second-order valence-electron chi connectivity index (χ2n) is 7.12. The Bertz CT molecular complexity index is 1040. The minimum Gasteiger partial charge on any atom is -0.504 e. The molecule has 0 saturated carbocycles. The smallest absolute Gasteiger partial charge is 0.407 e. The summed E-state index contributed by atoms with van der Waals surface area (Å²) in [6.45, 7) is 0.675. The topological polar surface area (TPSA) is 67.8 Å². The van der Waals surface area contributed by atoms with E-state index in [4.69, 9.17) is 9.47 Å². The minimum absolute atomic E-state index is 0.0378. The summed E-state index contributed by atoms with van der Waals surface area (Å²) < 4.78 is 11.4. The summed E-state index contributed by atoms with van der Waals surface area (Å²) in [6, 6.07) is 19.8. The number of phenolic OH excluding ortho intramolecular Hbond substituents is 1. The molecule has 5 nitrogen and oxygen atoms in total. The minimum atomic E-state index is -0.453. The Morgan fingerprint density at radius 3 is 2.33 bits per heavy atom. The van der Waals surface area contributed by atoms with E-state index >= 15 is 0 Å². The predicted octanol–water partition coefficient (Wildman–Crippen LogP) is 5.24. The molecule has 0 aliphatic heterocycles. The van der Waals surface area contributed by atoms with Crippen molar-refractivity contribution < 1.29 is 19.4 Å². The zero-order valence-electron chi connectivity index (χ0n) is 16.5. The average Bonchev–Trinajstić information content (AvgIpc) is 3.08. The highest BCUT2D eigenvalue weighted by atomic mass is 79.9. The van der Waals surface area contributed by atoms with Crippen LogP contribution in [-0.2, 0) is 11.2 Å². The van der Waals surface area contributed by atoms with Crippen LogP contribution in [0.3, 0.4) is 0 Å². The third-order valence-electron chi connectivity index (χ3n) is 5.36. The molecule has 4 rings (SSSR count). The van der Waals surface area contributed by atoms with Crippen LogP contribution in [0.4, 0.5) is 4.79 Å². The zero-order chi connectivity index (χ0) is 21.1. The number of amides is 1. The Balaban J connectivity index is 1.34. The van der Waals surface area contributed by atoms with E-state index in [0.29, 0.717) is 18.7 Å². The van der Waals surface area contributed by atoms with Gasteiger partial charge in [-0.3, -0.25) is 0 Å². The van der Waals surface area contributed by atoms with Gasteiger partial charge in [-0.25, -0.2) is 4.79 Å². The number of nitrogens with one attached hydrogen (secondary N) is 1. The molecule has 0 atom stereocenters. The maximum atomic E-state index is 12.3. The lowest BCUT2D eigenvalue weighted by atomic mass is 9.98. The number of ether oxygens (including phenoxy) is 2. The van der Waals surface area contributed by atoms with Gasteiger partial charge in [-0.2, -0.15) is 0 Å². The van der Waals surface area contributed by atoms with Gasteiger partial charge in [0, 0.05) is 16.9 Å². The van der Waals surface area contributed by atoms with Gasteiger partial charge in [0.05, 0.1) is 7.11 Å². The van der Waals surface area contributed by atoms with E-state index in [9.17, 15) is 9.90 Å². The molecular formula is C24H22BrNO4. The number of hydrogen-bond acceptors (Lipinski definition) is 4. The van der Waals surface area contributed by atoms with Crippen LogP contribution < -0.4 is 10.1 Å². The van der Waals surface area contributed by atoms with Crippen molar-refractivity contribution in [2.75, 3.05) is 20.3 Å². The van der Waals surface area contributed by atoms with E-state index in [1.165, 1.54) is 29.4 Å². The average molecular weight is 468 g/mol. The standard InChI is InChI=1S/C24H22BrNO4/c1-29-23-13-21(25)15(12-22(23)27)10-11-26-24(28)30-14-20-18-8-4-2-6-16(18)17-7-3-5-9-19(17)20/h2-9,12-13,20,27H,10-11,14H2,1H3,(H,26,28). The number of alkyl carbamates (subject to hydrolysis) is 1. The summed E-state index contributed by atoms with van der Waals surface area (Å²) in [4.78, 5) is 12.3. The Morgan fingerprint density at radius 2 is 1.70 bits per heavy atom. The molecular weight excluding hydrogens is 446 g/mol. The number of aromatic hydroxyl groups is 1. The summed E-state index contributed by atoms with van der Waals surface area (Å²) >= 11 is 3.46. The number of hydrogen-bond donors (Lipinski definition) is 2. The van der Waals surface area contributed by atoms with E-state index in [1.54, 1.807) is 12.1 Å². The molecule has 2 N–H and O–H groups in total. The first kappa shape index (κ1) is 20.3. The van der Waals surface area contributed by atoms with Gasteiger partial charge in [-0.15, -0.1) is 0 Å². The molecule has 0 saturated heterocycles. The number of fused-ring (bicyclic) bond motifs is 3. The van der Waals surface area contributed by atoms with Gasteiger partial charge in [-0.05, 0) is 46.4 Å². The van der Waals surface area contributed by atoms with Crippen molar-refractivity contribution in [1.29, 1.82) is 0 Å². The van der Waals surface area contributed by atoms with Crippen molar-refractivity contribution in [3.8, 4) is 22.6 Å². The molecule has 1 aliphatic carbocycles. The molecule has 0 radical (unpaired) electrons. The largest absolute Gasteiger partial charge is 0.504 e. The second kappa shape index (κ2) is 8.79. The van der Waals surface area contributed by atoms with Crippen LogP contribution in [0.1, 0.15) is 22.6 Å². The highest BCUT2D eigenvalue weighted by molar-refractivity contribution is 9.10. The summed E-state index contributed by atoms with van der Waals surface area (Å²) in [6.07, 6.45) is 0.0909. The number of rotatable bonds is 6. The van der Waals surface area contributed by atoms with Crippen molar-refractivity contribution in [1.82, 2.24) is 5.32 Å². The maximum absolute atomic E-state index is 12.3. The van der Waals surface area contributed by atoms with Crippen LogP contribution in [0.5, 0.6) is 11.5 Å². The van der Waals surface area contributed by atoms with E-state index in [2.05, 4.69) is 45.5 Å². The molecule has 0 aromatic heterocycles. The number of carbonyl (C=O) groups excluding carboxylic acids is 1. The fourth-order valence-electron chi connectivity index (χ4n) is 3.89. The van der Waals surface area contributed by atoms with E-state index < -0.39 is 6.09 Å². The lowest BCUT2D eigenvalue weighted by Crippen LogP contribution is -2.28. The molecule has 1 aliphatic rings. The van der Waals surface area contributed by atoms with Crippen molar-refractivity contribution in [3.05, 3.63) is 81.8 Å². The van der Waals surface area contributed by atoms with Gasteiger partial charge in [-0.1, -0.05) is 64.5 Å². The molecule has 3 aromatic rings. The number of phenols is 1.